The predicted octanol–water partition coefficient (Wildman–Crippen LogP) is 0.575. The van der Waals surface area contributed by atoms with Crippen molar-refractivity contribution >= 4 is 12.2 Å². The molecule has 0 aliphatic rings. The summed E-state index contributed by atoms with van der Waals surface area (Å²) in [6.07, 6.45) is 4.45. The van der Waals surface area contributed by atoms with Crippen LogP contribution in [0.3, 0.4) is 0 Å². The average Bonchev–Trinajstić information content (AvgIpc) is 2.27. The van der Waals surface area contributed by atoms with Gasteiger partial charge in [-0.2, -0.15) is 0 Å². The zero-order chi connectivity index (χ0) is 11.1. The number of aldehydes is 1. The van der Waals surface area contributed by atoms with Gasteiger partial charge >= 0.3 is 0 Å². The molecule has 0 fully saturated rings. The first-order valence-corrected chi connectivity index (χ1v) is 4.83. The first kappa shape index (κ1) is 11.4. The SMILES string of the molecule is CC(C=O)CNC(=O)Cc1cccnc1. The number of amides is 1. The number of rotatable bonds is 5. The summed E-state index contributed by atoms with van der Waals surface area (Å²) in [5.74, 6) is -0.223. The van der Waals surface area contributed by atoms with Crippen molar-refractivity contribution in [2.45, 2.75) is 13.3 Å². The summed E-state index contributed by atoms with van der Waals surface area (Å²) in [6, 6.07) is 3.63. The Labute approximate surface area is 88.7 Å². The lowest BCUT2D eigenvalue weighted by atomic mass is 10.2. The minimum atomic E-state index is -0.136. The summed E-state index contributed by atoms with van der Waals surface area (Å²) in [4.78, 5) is 25.6. The van der Waals surface area contributed by atoms with Gasteiger partial charge in [-0.3, -0.25) is 9.78 Å². The minimum absolute atomic E-state index is 0.0864. The van der Waals surface area contributed by atoms with Crippen molar-refractivity contribution in [3.05, 3.63) is 30.1 Å². The van der Waals surface area contributed by atoms with Crippen LogP contribution in [-0.4, -0.2) is 23.7 Å². The fourth-order valence-electron chi connectivity index (χ4n) is 1.07. The van der Waals surface area contributed by atoms with Gasteiger partial charge < -0.3 is 10.1 Å². The van der Waals surface area contributed by atoms with Crippen molar-refractivity contribution in [3.8, 4) is 0 Å². The van der Waals surface area contributed by atoms with E-state index in [1.165, 1.54) is 0 Å². The van der Waals surface area contributed by atoms with Crippen molar-refractivity contribution < 1.29 is 9.59 Å². The molecule has 1 rings (SSSR count). The molecule has 0 radical (unpaired) electrons. The monoisotopic (exact) mass is 206 g/mol. The molecular formula is C11H14N2O2. The maximum absolute atomic E-state index is 11.4. The van der Waals surface area contributed by atoms with Gasteiger partial charge in [0.2, 0.25) is 5.91 Å². The van der Waals surface area contributed by atoms with Gasteiger partial charge in [0.25, 0.3) is 0 Å². The molecule has 0 bridgehead atoms. The van der Waals surface area contributed by atoms with E-state index in [-0.39, 0.29) is 11.8 Å². The van der Waals surface area contributed by atoms with E-state index in [1.807, 2.05) is 6.07 Å². The highest BCUT2D eigenvalue weighted by Gasteiger charge is 2.05. The summed E-state index contributed by atoms with van der Waals surface area (Å²) in [5.41, 5.74) is 0.869. The molecule has 4 heteroatoms. The molecule has 1 N–H and O–H groups in total. The van der Waals surface area contributed by atoms with E-state index in [2.05, 4.69) is 10.3 Å². The highest BCUT2D eigenvalue weighted by atomic mass is 16.1. The summed E-state index contributed by atoms with van der Waals surface area (Å²) in [6.45, 7) is 2.15. The Kier molecular flexibility index (Phi) is 4.47. The highest BCUT2D eigenvalue weighted by Crippen LogP contribution is 1.96. The topological polar surface area (TPSA) is 59.1 Å². The van der Waals surface area contributed by atoms with Gasteiger partial charge in [0.15, 0.2) is 0 Å². The van der Waals surface area contributed by atoms with Crippen LogP contribution in [0.5, 0.6) is 0 Å². The fraction of sp³-hybridized carbons (Fsp3) is 0.364. The lowest BCUT2D eigenvalue weighted by Gasteiger charge is -2.06. The third kappa shape index (κ3) is 4.35. The van der Waals surface area contributed by atoms with Crippen molar-refractivity contribution in [1.82, 2.24) is 10.3 Å². The van der Waals surface area contributed by atoms with Gasteiger partial charge in [-0.15, -0.1) is 0 Å². The van der Waals surface area contributed by atoms with Gasteiger partial charge in [0.05, 0.1) is 6.42 Å². The predicted molar refractivity (Wildman–Crippen MR) is 56.2 cm³/mol. The number of nitrogens with one attached hydrogen (secondary N) is 1. The molecule has 1 aromatic heterocycles. The maximum Gasteiger partial charge on any atom is 0.224 e. The van der Waals surface area contributed by atoms with Crippen molar-refractivity contribution in [3.63, 3.8) is 0 Å². The van der Waals surface area contributed by atoms with Crippen LogP contribution in [0.2, 0.25) is 0 Å². The summed E-state index contributed by atoms with van der Waals surface area (Å²) in [7, 11) is 0. The zero-order valence-corrected chi connectivity index (χ0v) is 8.64. The molecule has 1 amide bonds. The van der Waals surface area contributed by atoms with Crippen LogP contribution in [0.1, 0.15) is 12.5 Å². The maximum atomic E-state index is 11.4. The number of carbonyl (C=O) groups is 2. The summed E-state index contributed by atoms with van der Waals surface area (Å²) in [5, 5.41) is 2.68. The number of pyridine rings is 1. The molecule has 1 aromatic rings. The van der Waals surface area contributed by atoms with Crippen LogP contribution in [0, 0.1) is 5.92 Å². The Morgan fingerprint density at radius 2 is 2.47 bits per heavy atom. The van der Waals surface area contributed by atoms with Crippen molar-refractivity contribution in [2.75, 3.05) is 6.54 Å². The first-order chi connectivity index (χ1) is 7.22. The van der Waals surface area contributed by atoms with E-state index in [9.17, 15) is 9.59 Å². The number of hydrogen-bond donors (Lipinski definition) is 1. The number of hydrogen-bond acceptors (Lipinski definition) is 3. The molecule has 0 saturated carbocycles. The van der Waals surface area contributed by atoms with E-state index in [0.717, 1.165) is 11.8 Å². The number of aromatic nitrogens is 1. The van der Waals surface area contributed by atoms with Crippen molar-refractivity contribution in [2.24, 2.45) is 5.92 Å². The Morgan fingerprint density at radius 3 is 3.07 bits per heavy atom. The number of nitrogens with zero attached hydrogens (tertiary/aromatic N) is 1. The van der Waals surface area contributed by atoms with E-state index in [1.54, 1.807) is 25.4 Å². The Hall–Kier alpha value is -1.71. The van der Waals surface area contributed by atoms with Crippen LogP contribution in [0.25, 0.3) is 0 Å². The molecule has 80 valence electrons. The number of carbonyl (C=O) groups excluding carboxylic acids is 2. The molecule has 0 spiro atoms. The third-order valence-electron chi connectivity index (χ3n) is 1.94. The molecule has 0 aromatic carbocycles. The summed E-state index contributed by atoms with van der Waals surface area (Å²) < 4.78 is 0. The Balaban J connectivity index is 2.34. The van der Waals surface area contributed by atoms with Gasteiger partial charge in [-0.05, 0) is 11.6 Å². The second-order valence-corrected chi connectivity index (χ2v) is 3.46. The highest BCUT2D eigenvalue weighted by molar-refractivity contribution is 5.78. The van der Waals surface area contributed by atoms with E-state index >= 15 is 0 Å². The largest absolute Gasteiger partial charge is 0.355 e. The standard InChI is InChI=1S/C11H14N2O2/c1-9(8-14)6-13-11(15)5-10-3-2-4-12-7-10/h2-4,7-9H,5-6H2,1H3,(H,13,15). The second kappa shape index (κ2) is 5.90. The Bertz CT molecular complexity index is 325. The van der Waals surface area contributed by atoms with E-state index in [4.69, 9.17) is 0 Å². The molecule has 1 unspecified atom stereocenters. The van der Waals surface area contributed by atoms with E-state index < -0.39 is 0 Å². The molecule has 1 heterocycles. The lowest BCUT2D eigenvalue weighted by Crippen LogP contribution is -2.30. The molecule has 15 heavy (non-hydrogen) atoms. The molecular weight excluding hydrogens is 192 g/mol. The van der Waals surface area contributed by atoms with Gasteiger partial charge in [-0.25, -0.2) is 0 Å². The molecule has 1 atom stereocenters. The average molecular weight is 206 g/mol. The van der Waals surface area contributed by atoms with Crippen LogP contribution < -0.4 is 5.32 Å². The smallest absolute Gasteiger partial charge is 0.224 e. The van der Waals surface area contributed by atoms with Crippen LogP contribution in [-0.2, 0) is 16.0 Å². The first-order valence-electron chi connectivity index (χ1n) is 4.83. The van der Waals surface area contributed by atoms with Crippen LogP contribution in [0.4, 0.5) is 0 Å². The van der Waals surface area contributed by atoms with Crippen molar-refractivity contribution in [1.29, 1.82) is 0 Å². The quantitative estimate of drug-likeness (QED) is 0.717. The molecule has 0 saturated heterocycles. The Morgan fingerprint density at radius 1 is 1.67 bits per heavy atom. The minimum Gasteiger partial charge on any atom is -0.355 e. The lowest BCUT2D eigenvalue weighted by molar-refractivity contribution is -0.120. The van der Waals surface area contributed by atoms with E-state index in [0.29, 0.717) is 13.0 Å². The summed E-state index contributed by atoms with van der Waals surface area (Å²) >= 11 is 0. The zero-order valence-electron chi connectivity index (χ0n) is 8.64. The van der Waals surface area contributed by atoms with Gasteiger partial charge in [0.1, 0.15) is 6.29 Å². The van der Waals surface area contributed by atoms with Gasteiger partial charge in [0, 0.05) is 24.9 Å². The molecule has 0 aliphatic heterocycles. The fourth-order valence-corrected chi connectivity index (χ4v) is 1.07. The van der Waals surface area contributed by atoms with Gasteiger partial charge in [-0.1, -0.05) is 13.0 Å². The molecule has 4 nitrogen and oxygen atoms in total. The molecule has 0 aliphatic carbocycles. The second-order valence-electron chi connectivity index (χ2n) is 3.46. The van der Waals surface area contributed by atoms with Crippen LogP contribution >= 0.6 is 0 Å². The normalized spacial score (nSPS) is 11.8. The third-order valence-corrected chi connectivity index (χ3v) is 1.94. The van der Waals surface area contributed by atoms with Crippen LogP contribution in [0.15, 0.2) is 24.5 Å².